The van der Waals surface area contributed by atoms with Crippen LogP contribution in [0.15, 0.2) is 22.8 Å². The Kier molecular flexibility index (Phi) is 3.99. The van der Waals surface area contributed by atoms with Gasteiger partial charge in [-0.25, -0.2) is 0 Å². The smallest absolute Gasteiger partial charge is 0.325 e. The minimum atomic E-state index is -0.342. The molecule has 0 saturated heterocycles. The lowest BCUT2D eigenvalue weighted by atomic mass is 10.1. The molecule has 2 fully saturated rings. The average Bonchev–Trinajstić information content (AvgIpc) is 2.94. The number of hydrogen-bond acceptors (Lipinski definition) is 4. The van der Waals surface area contributed by atoms with Crippen LogP contribution in [0.3, 0.4) is 0 Å². The third-order valence-corrected chi connectivity index (χ3v) is 4.59. The van der Waals surface area contributed by atoms with E-state index in [-0.39, 0.29) is 36.3 Å². The molecule has 1 amide bonds. The van der Waals surface area contributed by atoms with Gasteiger partial charge in [0.1, 0.15) is 12.3 Å². The molecule has 2 aliphatic rings. The van der Waals surface area contributed by atoms with Crippen molar-refractivity contribution < 1.29 is 18.7 Å². The highest BCUT2D eigenvalue weighted by Gasteiger charge is 2.49. The number of carbonyl (C=O) groups is 2. The van der Waals surface area contributed by atoms with Gasteiger partial charge in [-0.3, -0.25) is 9.59 Å². The summed E-state index contributed by atoms with van der Waals surface area (Å²) in [5.74, 6) is 0.743. The first kappa shape index (κ1) is 14.2. The molecule has 0 N–H and O–H groups in total. The van der Waals surface area contributed by atoms with Crippen molar-refractivity contribution in [3.05, 3.63) is 24.2 Å². The highest BCUT2D eigenvalue weighted by Crippen LogP contribution is 2.49. The highest BCUT2D eigenvalue weighted by molar-refractivity contribution is 5.86. The van der Waals surface area contributed by atoms with Crippen LogP contribution in [-0.4, -0.2) is 36.5 Å². The second kappa shape index (κ2) is 5.92. The van der Waals surface area contributed by atoms with Crippen molar-refractivity contribution in [1.82, 2.24) is 4.90 Å². The molecule has 21 heavy (non-hydrogen) atoms. The lowest BCUT2D eigenvalue weighted by Crippen LogP contribution is -2.43. The summed E-state index contributed by atoms with van der Waals surface area (Å²) in [6, 6.07) is 3.95. The molecule has 2 saturated carbocycles. The van der Waals surface area contributed by atoms with E-state index in [4.69, 9.17) is 9.15 Å². The summed E-state index contributed by atoms with van der Waals surface area (Å²) in [5, 5.41) is 0. The summed E-state index contributed by atoms with van der Waals surface area (Å²) < 4.78 is 10.1. The van der Waals surface area contributed by atoms with E-state index >= 15 is 0 Å². The van der Waals surface area contributed by atoms with Crippen LogP contribution in [0, 0.1) is 5.92 Å². The lowest BCUT2D eigenvalue weighted by Gasteiger charge is -2.28. The summed E-state index contributed by atoms with van der Waals surface area (Å²) >= 11 is 0. The van der Waals surface area contributed by atoms with E-state index in [0.717, 1.165) is 37.9 Å². The Morgan fingerprint density at radius 2 is 2.14 bits per heavy atom. The number of carbonyl (C=O) groups excluding carboxylic acids is 2. The van der Waals surface area contributed by atoms with Gasteiger partial charge < -0.3 is 14.1 Å². The predicted molar refractivity (Wildman–Crippen MR) is 75.5 cm³/mol. The van der Waals surface area contributed by atoms with Gasteiger partial charge in [-0.1, -0.05) is 12.8 Å². The van der Waals surface area contributed by atoms with Crippen LogP contribution in [0.4, 0.5) is 0 Å². The molecular weight excluding hydrogens is 270 g/mol. The van der Waals surface area contributed by atoms with Gasteiger partial charge >= 0.3 is 5.97 Å². The molecule has 1 heterocycles. The second-order valence-corrected chi connectivity index (χ2v) is 5.94. The zero-order valence-corrected chi connectivity index (χ0v) is 12.3. The predicted octanol–water partition coefficient (Wildman–Crippen LogP) is 2.33. The van der Waals surface area contributed by atoms with Gasteiger partial charge in [0.2, 0.25) is 5.91 Å². The van der Waals surface area contributed by atoms with Crippen molar-refractivity contribution in [3.8, 4) is 0 Å². The number of methoxy groups -OCH3 is 1. The van der Waals surface area contributed by atoms with Crippen LogP contribution >= 0.6 is 0 Å². The molecule has 1 aromatic rings. The standard InChI is InChI=1S/C16H21NO4/c1-20-15(18)10-17(11-5-2-3-6-11)16(19)13-9-12(13)14-7-4-8-21-14/h4,7-8,11-13H,2-3,5-6,9-10H2,1H3/t12-,13-/m1/s1. The number of esters is 1. The SMILES string of the molecule is COC(=O)CN(C(=O)[C@@H]1C[C@H]1c1ccco1)C1CCCC1. The quantitative estimate of drug-likeness (QED) is 0.781. The first-order valence-electron chi connectivity index (χ1n) is 7.61. The summed E-state index contributed by atoms with van der Waals surface area (Å²) in [5.41, 5.74) is 0. The van der Waals surface area contributed by atoms with Crippen LogP contribution in [0.5, 0.6) is 0 Å². The lowest BCUT2D eigenvalue weighted by molar-refractivity contribution is -0.149. The minimum Gasteiger partial charge on any atom is -0.469 e. The number of rotatable bonds is 5. The molecule has 3 rings (SSSR count). The van der Waals surface area contributed by atoms with Crippen molar-refractivity contribution >= 4 is 11.9 Å². The van der Waals surface area contributed by atoms with Crippen LogP contribution in [0.25, 0.3) is 0 Å². The fourth-order valence-electron chi connectivity index (χ4n) is 3.30. The molecule has 5 nitrogen and oxygen atoms in total. The first-order chi connectivity index (χ1) is 10.2. The Morgan fingerprint density at radius 3 is 2.76 bits per heavy atom. The number of amides is 1. The molecule has 1 aromatic heterocycles. The first-order valence-corrected chi connectivity index (χ1v) is 7.61. The number of hydrogen-bond donors (Lipinski definition) is 0. The second-order valence-electron chi connectivity index (χ2n) is 5.94. The van der Waals surface area contributed by atoms with Crippen LogP contribution in [-0.2, 0) is 14.3 Å². The molecule has 2 aliphatic carbocycles. The monoisotopic (exact) mass is 291 g/mol. The fraction of sp³-hybridized carbons (Fsp3) is 0.625. The van der Waals surface area contributed by atoms with Crippen molar-refractivity contribution in [2.24, 2.45) is 5.92 Å². The van der Waals surface area contributed by atoms with E-state index in [1.165, 1.54) is 7.11 Å². The zero-order chi connectivity index (χ0) is 14.8. The molecule has 5 heteroatoms. The number of furan rings is 1. The Morgan fingerprint density at radius 1 is 1.38 bits per heavy atom. The third-order valence-electron chi connectivity index (χ3n) is 4.59. The maximum Gasteiger partial charge on any atom is 0.325 e. The summed E-state index contributed by atoms with van der Waals surface area (Å²) in [6.07, 6.45) is 6.68. The van der Waals surface area contributed by atoms with Gasteiger partial charge in [0, 0.05) is 17.9 Å². The number of nitrogens with zero attached hydrogens (tertiary/aromatic N) is 1. The Labute approximate surface area is 124 Å². The fourth-order valence-corrected chi connectivity index (χ4v) is 3.30. The van der Waals surface area contributed by atoms with E-state index in [2.05, 4.69) is 0 Å². The minimum absolute atomic E-state index is 0.0404. The van der Waals surface area contributed by atoms with Gasteiger partial charge in [0.05, 0.1) is 13.4 Å². The molecule has 0 radical (unpaired) electrons. The molecule has 114 valence electrons. The summed E-state index contributed by atoms with van der Waals surface area (Å²) in [6.45, 7) is 0.0708. The maximum absolute atomic E-state index is 12.7. The average molecular weight is 291 g/mol. The van der Waals surface area contributed by atoms with E-state index in [1.807, 2.05) is 12.1 Å². The van der Waals surface area contributed by atoms with E-state index in [9.17, 15) is 9.59 Å². The van der Waals surface area contributed by atoms with Crippen molar-refractivity contribution in [3.63, 3.8) is 0 Å². The van der Waals surface area contributed by atoms with Gasteiger partial charge in [-0.2, -0.15) is 0 Å². The maximum atomic E-state index is 12.7. The largest absolute Gasteiger partial charge is 0.469 e. The van der Waals surface area contributed by atoms with Crippen molar-refractivity contribution in [2.45, 2.75) is 44.1 Å². The van der Waals surface area contributed by atoms with Crippen LogP contribution in [0.2, 0.25) is 0 Å². The van der Waals surface area contributed by atoms with Crippen molar-refractivity contribution in [2.75, 3.05) is 13.7 Å². The summed E-state index contributed by atoms with van der Waals surface area (Å²) in [4.78, 5) is 26.1. The van der Waals surface area contributed by atoms with E-state index in [0.29, 0.717) is 0 Å². The molecule has 0 spiro atoms. The molecular formula is C16H21NO4. The van der Waals surface area contributed by atoms with E-state index in [1.54, 1.807) is 11.2 Å². The Bertz CT molecular complexity index is 504. The topological polar surface area (TPSA) is 59.8 Å². The molecule has 0 aliphatic heterocycles. The Balaban J connectivity index is 1.68. The normalized spacial score (nSPS) is 24.8. The number of ether oxygens (including phenoxy) is 1. The van der Waals surface area contributed by atoms with Crippen molar-refractivity contribution in [1.29, 1.82) is 0 Å². The van der Waals surface area contributed by atoms with Crippen LogP contribution < -0.4 is 0 Å². The molecule has 0 bridgehead atoms. The highest BCUT2D eigenvalue weighted by atomic mass is 16.5. The third kappa shape index (κ3) is 2.96. The Hall–Kier alpha value is -1.78. The molecule has 2 atom stereocenters. The zero-order valence-electron chi connectivity index (χ0n) is 12.3. The van der Waals surface area contributed by atoms with Gasteiger partial charge in [0.15, 0.2) is 0 Å². The van der Waals surface area contributed by atoms with E-state index < -0.39 is 0 Å². The van der Waals surface area contributed by atoms with Gasteiger partial charge in [-0.05, 0) is 31.4 Å². The van der Waals surface area contributed by atoms with Crippen LogP contribution in [0.1, 0.15) is 43.8 Å². The molecule has 0 aromatic carbocycles. The van der Waals surface area contributed by atoms with Gasteiger partial charge in [0.25, 0.3) is 0 Å². The van der Waals surface area contributed by atoms with Gasteiger partial charge in [-0.15, -0.1) is 0 Å². The molecule has 0 unspecified atom stereocenters. The summed E-state index contributed by atoms with van der Waals surface area (Å²) in [7, 11) is 1.36.